The maximum absolute atomic E-state index is 11.7. The van der Waals surface area contributed by atoms with E-state index in [-0.39, 0.29) is 5.91 Å². The van der Waals surface area contributed by atoms with Crippen molar-refractivity contribution in [3.05, 3.63) is 47.7 Å². The number of hydrogen-bond acceptors (Lipinski definition) is 3. The van der Waals surface area contributed by atoms with Crippen LogP contribution in [0.1, 0.15) is 24.6 Å². The van der Waals surface area contributed by atoms with E-state index >= 15 is 0 Å². The maximum atomic E-state index is 11.7. The zero-order valence-corrected chi connectivity index (χ0v) is 12.9. The number of carbonyl (C=O) groups is 1. The Balaban J connectivity index is 2.13. The summed E-state index contributed by atoms with van der Waals surface area (Å²) in [6.45, 7) is 5.77. The van der Waals surface area contributed by atoms with Gasteiger partial charge >= 0.3 is 0 Å². The van der Waals surface area contributed by atoms with Crippen LogP contribution in [0.25, 0.3) is 16.7 Å². The molecule has 0 atom stereocenters. The first-order valence-electron chi connectivity index (χ1n) is 7.31. The second-order valence-electron chi connectivity index (χ2n) is 5.30. The van der Waals surface area contributed by atoms with Crippen molar-refractivity contribution >= 4 is 22.6 Å². The van der Waals surface area contributed by atoms with Crippen molar-refractivity contribution in [2.75, 3.05) is 5.32 Å². The van der Waals surface area contributed by atoms with Crippen LogP contribution in [0.15, 0.2) is 36.4 Å². The van der Waals surface area contributed by atoms with Crippen molar-refractivity contribution in [3.63, 3.8) is 0 Å². The molecule has 0 aliphatic carbocycles. The van der Waals surface area contributed by atoms with Gasteiger partial charge < -0.3 is 5.32 Å². The van der Waals surface area contributed by atoms with Gasteiger partial charge in [-0.25, -0.2) is 4.98 Å². The molecule has 1 amide bonds. The van der Waals surface area contributed by atoms with Crippen LogP contribution in [0.5, 0.6) is 0 Å². The highest BCUT2D eigenvalue weighted by molar-refractivity contribution is 5.90. The summed E-state index contributed by atoms with van der Waals surface area (Å²) in [7, 11) is 0. The molecule has 0 fully saturated rings. The molecular weight excluding hydrogens is 276 g/mol. The Bertz CT molecular complexity index is 851. The minimum Gasteiger partial charge on any atom is -0.311 e. The molecule has 112 valence electrons. The molecule has 0 saturated carbocycles. The molecule has 0 aliphatic rings. The largest absolute Gasteiger partial charge is 0.311 e. The van der Waals surface area contributed by atoms with Crippen molar-refractivity contribution in [3.8, 4) is 5.82 Å². The van der Waals surface area contributed by atoms with Crippen molar-refractivity contribution in [2.24, 2.45) is 0 Å². The van der Waals surface area contributed by atoms with E-state index in [2.05, 4.69) is 21.5 Å². The molecule has 2 heterocycles. The number of nitrogens with one attached hydrogen (secondary N) is 1. The molecule has 5 nitrogen and oxygen atoms in total. The highest BCUT2D eigenvalue weighted by Crippen LogP contribution is 2.22. The van der Waals surface area contributed by atoms with Crippen LogP contribution in [0.3, 0.4) is 0 Å². The standard InChI is InChI=1S/C17H18N4O/c1-4-17(22)19-16-10-12(3)20-21(16)15-9-11(2)13-7-5-6-8-14(13)18-15/h5-10H,4H2,1-3H3,(H,19,22). The Labute approximate surface area is 129 Å². The van der Waals surface area contributed by atoms with Gasteiger partial charge in [-0.2, -0.15) is 9.78 Å². The number of hydrogen-bond donors (Lipinski definition) is 1. The zero-order valence-electron chi connectivity index (χ0n) is 12.9. The average Bonchev–Trinajstić information content (AvgIpc) is 2.87. The lowest BCUT2D eigenvalue weighted by atomic mass is 10.1. The Kier molecular flexibility index (Phi) is 3.63. The highest BCUT2D eigenvalue weighted by Gasteiger charge is 2.12. The number of aryl methyl sites for hydroxylation is 2. The second-order valence-corrected chi connectivity index (χ2v) is 5.30. The Morgan fingerprint density at radius 1 is 1.23 bits per heavy atom. The summed E-state index contributed by atoms with van der Waals surface area (Å²) >= 11 is 0. The van der Waals surface area contributed by atoms with Gasteiger partial charge in [0.2, 0.25) is 5.91 Å². The van der Waals surface area contributed by atoms with Gasteiger partial charge in [0.1, 0.15) is 5.82 Å². The molecule has 22 heavy (non-hydrogen) atoms. The lowest BCUT2D eigenvalue weighted by molar-refractivity contribution is -0.115. The summed E-state index contributed by atoms with van der Waals surface area (Å²) in [5.74, 6) is 1.31. The predicted molar refractivity (Wildman–Crippen MR) is 87.3 cm³/mol. The maximum Gasteiger partial charge on any atom is 0.225 e. The minimum atomic E-state index is -0.0429. The number of amides is 1. The number of benzene rings is 1. The number of nitrogens with zero attached hydrogens (tertiary/aromatic N) is 3. The molecule has 3 rings (SSSR count). The molecule has 1 N–H and O–H groups in total. The fourth-order valence-electron chi connectivity index (χ4n) is 2.43. The monoisotopic (exact) mass is 294 g/mol. The number of carbonyl (C=O) groups excluding carboxylic acids is 1. The number of pyridine rings is 1. The molecule has 1 aromatic carbocycles. The van der Waals surface area contributed by atoms with Gasteiger partial charge in [0, 0.05) is 17.9 Å². The van der Waals surface area contributed by atoms with Crippen molar-refractivity contribution in [1.29, 1.82) is 0 Å². The van der Waals surface area contributed by atoms with E-state index in [1.165, 1.54) is 0 Å². The SMILES string of the molecule is CCC(=O)Nc1cc(C)nn1-c1cc(C)c2ccccc2n1. The molecule has 5 heteroatoms. The van der Waals surface area contributed by atoms with Crippen LogP contribution in [0, 0.1) is 13.8 Å². The summed E-state index contributed by atoms with van der Waals surface area (Å²) in [6.07, 6.45) is 0.425. The van der Waals surface area contributed by atoms with Crippen LogP contribution in [0.2, 0.25) is 0 Å². The lowest BCUT2D eigenvalue weighted by Gasteiger charge is -2.10. The number of para-hydroxylation sites is 1. The normalized spacial score (nSPS) is 10.9. The summed E-state index contributed by atoms with van der Waals surface area (Å²) in [4.78, 5) is 16.3. The third-order valence-corrected chi connectivity index (χ3v) is 3.55. The van der Waals surface area contributed by atoms with Crippen LogP contribution in [0.4, 0.5) is 5.82 Å². The van der Waals surface area contributed by atoms with Gasteiger partial charge in [-0.3, -0.25) is 4.79 Å². The summed E-state index contributed by atoms with van der Waals surface area (Å²) in [6, 6.07) is 11.8. The smallest absolute Gasteiger partial charge is 0.225 e. The third-order valence-electron chi connectivity index (χ3n) is 3.55. The fourth-order valence-corrected chi connectivity index (χ4v) is 2.43. The van der Waals surface area contributed by atoms with E-state index in [0.717, 1.165) is 22.2 Å². The first kappa shape index (κ1) is 14.3. The second kappa shape index (κ2) is 5.60. The van der Waals surface area contributed by atoms with Gasteiger partial charge in [-0.05, 0) is 31.5 Å². The van der Waals surface area contributed by atoms with Gasteiger partial charge in [0.15, 0.2) is 5.82 Å². The number of aromatic nitrogens is 3. The number of fused-ring (bicyclic) bond motifs is 1. The van der Waals surface area contributed by atoms with Crippen molar-refractivity contribution in [2.45, 2.75) is 27.2 Å². The van der Waals surface area contributed by atoms with Crippen molar-refractivity contribution in [1.82, 2.24) is 14.8 Å². The molecule has 0 aliphatic heterocycles. The van der Waals surface area contributed by atoms with Crippen molar-refractivity contribution < 1.29 is 4.79 Å². The van der Waals surface area contributed by atoms with Gasteiger partial charge in [0.05, 0.1) is 11.2 Å². The Morgan fingerprint density at radius 2 is 2.00 bits per heavy atom. The Hall–Kier alpha value is -2.69. The number of anilines is 1. The van der Waals surface area contributed by atoms with Crippen LogP contribution in [-0.2, 0) is 4.79 Å². The average molecular weight is 294 g/mol. The van der Waals surface area contributed by atoms with E-state index in [4.69, 9.17) is 0 Å². The van der Waals surface area contributed by atoms with E-state index < -0.39 is 0 Å². The predicted octanol–water partition coefficient (Wildman–Crippen LogP) is 3.39. The van der Waals surface area contributed by atoms with E-state index in [1.807, 2.05) is 51.1 Å². The van der Waals surface area contributed by atoms with Crippen LogP contribution in [-0.4, -0.2) is 20.7 Å². The zero-order chi connectivity index (χ0) is 15.7. The fraction of sp³-hybridized carbons (Fsp3) is 0.235. The van der Waals surface area contributed by atoms with Gasteiger partial charge in [-0.15, -0.1) is 0 Å². The topological polar surface area (TPSA) is 59.8 Å². The van der Waals surface area contributed by atoms with Crippen LogP contribution >= 0.6 is 0 Å². The lowest BCUT2D eigenvalue weighted by Crippen LogP contribution is -2.14. The van der Waals surface area contributed by atoms with E-state index in [0.29, 0.717) is 18.1 Å². The van der Waals surface area contributed by atoms with Crippen LogP contribution < -0.4 is 5.32 Å². The molecule has 0 bridgehead atoms. The first-order valence-corrected chi connectivity index (χ1v) is 7.31. The summed E-state index contributed by atoms with van der Waals surface area (Å²) in [5, 5.41) is 8.44. The molecule has 0 radical (unpaired) electrons. The quantitative estimate of drug-likeness (QED) is 0.805. The molecule has 0 unspecified atom stereocenters. The molecule has 2 aromatic heterocycles. The van der Waals surface area contributed by atoms with E-state index in [1.54, 1.807) is 4.68 Å². The Morgan fingerprint density at radius 3 is 2.77 bits per heavy atom. The molecule has 0 saturated heterocycles. The highest BCUT2D eigenvalue weighted by atomic mass is 16.1. The summed E-state index contributed by atoms with van der Waals surface area (Å²) in [5.41, 5.74) is 2.87. The molecule has 3 aromatic rings. The summed E-state index contributed by atoms with van der Waals surface area (Å²) < 4.78 is 1.68. The molecular formula is C17H18N4O. The minimum absolute atomic E-state index is 0.0429. The third kappa shape index (κ3) is 2.57. The molecule has 0 spiro atoms. The van der Waals surface area contributed by atoms with Gasteiger partial charge in [-0.1, -0.05) is 25.1 Å². The van der Waals surface area contributed by atoms with Gasteiger partial charge in [0.25, 0.3) is 0 Å². The number of rotatable bonds is 3. The first-order chi connectivity index (χ1) is 10.6. The van der Waals surface area contributed by atoms with E-state index in [9.17, 15) is 4.79 Å².